The Labute approximate surface area is 107 Å². The number of hydrogen-bond acceptors (Lipinski definition) is 3. The fourth-order valence-electron chi connectivity index (χ4n) is 2.34. The topological polar surface area (TPSA) is 57.5 Å². The molecule has 0 aromatic heterocycles. The van der Waals surface area contributed by atoms with Gasteiger partial charge in [0.25, 0.3) is 0 Å². The molecule has 3 nitrogen and oxygen atoms in total. The Morgan fingerprint density at radius 1 is 1.11 bits per heavy atom. The highest BCUT2D eigenvalue weighted by Gasteiger charge is 2.19. The number of hydrogen-bond donors (Lipinski definition) is 2. The van der Waals surface area contributed by atoms with Gasteiger partial charge in [0.05, 0.1) is 5.76 Å². The van der Waals surface area contributed by atoms with Crippen LogP contribution in [0.1, 0.15) is 37.7 Å². The third-order valence-corrected chi connectivity index (χ3v) is 3.31. The SMILES string of the molecule is O=C1CCCC(O)=C1CCCc1cccc(O)c1. The molecule has 0 aliphatic heterocycles. The van der Waals surface area contributed by atoms with E-state index in [4.69, 9.17) is 0 Å². The van der Waals surface area contributed by atoms with Crippen molar-refractivity contribution in [3.8, 4) is 5.75 Å². The molecule has 0 heterocycles. The molecule has 0 fully saturated rings. The summed E-state index contributed by atoms with van der Waals surface area (Å²) in [5.41, 5.74) is 1.67. The zero-order chi connectivity index (χ0) is 13.0. The lowest BCUT2D eigenvalue weighted by atomic mass is 9.92. The number of aromatic hydroxyl groups is 1. The van der Waals surface area contributed by atoms with E-state index in [0.29, 0.717) is 24.8 Å². The molecule has 96 valence electrons. The molecule has 0 amide bonds. The summed E-state index contributed by atoms with van der Waals surface area (Å²) in [6.07, 6.45) is 4.20. The molecule has 0 atom stereocenters. The average Bonchev–Trinajstić information content (AvgIpc) is 2.33. The fraction of sp³-hybridized carbons (Fsp3) is 0.400. The number of ketones is 1. The summed E-state index contributed by atoms with van der Waals surface area (Å²) in [5, 5.41) is 19.0. The van der Waals surface area contributed by atoms with Crippen LogP contribution >= 0.6 is 0 Å². The van der Waals surface area contributed by atoms with Gasteiger partial charge in [0, 0.05) is 18.4 Å². The van der Waals surface area contributed by atoms with Crippen molar-refractivity contribution in [1.29, 1.82) is 0 Å². The van der Waals surface area contributed by atoms with Gasteiger partial charge < -0.3 is 10.2 Å². The van der Waals surface area contributed by atoms with Crippen molar-refractivity contribution in [3.63, 3.8) is 0 Å². The molecule has 0 saturated heterocycles. The minimum atomic E-state index is 0.0923. The Kier molecular flexibility index (Phi) is 4.03. The number of rotatable bonds is 4. The van der Waals surface area contributed by atoms with E-state index < -0.39 is 0 Å². The van der Waals surface area contributed by atoms with Crippen LogP contribution in [0, 0.1) is 0 Å². The lowest BCUT2D eigenvalue weighted by Crippen LogP contribution is -2.11. The van der Waals surface area contributed by atoms with Crippen LogP contribution in [0.4, 0.5) is 0 Å². The largest absolute Gasteiger partial charge is 0.512 e. The van der Waals surface area contributed by atoms with Crippen molar-refractivity contribution in [1.82, 2.24) is 0 Å². The first-order valence-corrected chi connectivity index (χ1v) is 6.39. The lowest BCUT2D eigenvalue weighted by molar-refractivity contribution is -0.116. The number of Topliss-reactive ketones (excluding diaryl/α,β-unsaturated/α-hetero) is 1. The first-order valence-electron chi connectivity index (χ1n) is 6.39. The highest BCUT2D eigenvalue weighted by atomic mass is 16.3. The molecule has 2 rings (SSSR count). The zero-order valence-corrected chi connectivity index (χ0v) is 10.4. The van der Waals surface area contributed by atoms with Crippen molar-refractivity contribution in [3.05, 3.63) is 41.2 Å². The summed E-state index contributed by atoms with van der Waals surface area (Å²) in [7, 11) is 0. The first-order chi connectivity index (χ1) is 8.66. The molecule has 1 aliphatic rings. The van der Waals surface area contributed by atoms with Crippen LogP contribution in [0.3, 0.4) is 0 Å². The van der Waals surface area contributed by atoms with E-state index in [-0.39, 0.29) is 17.3 Å². The van der Waals surface area contributed by atoms with Gasteiger partial charge in [-0.1, -0.05) is 12.1 Å². The number of aryl methyl sites for hydroxylation is 1. The number of carbonyl (C=O) groups is 1. The third-order valence-electron chi connectivity index (χ3n) is 3.31. The minimum absolute atomic E-state index is 0.0923. The number of aliphatic hydroxyl groups excluding tert-OH is 1. The van der Waals surface area contributed by atoms with Crippen LogP contribution in [0.25, 0.3) is 0 Å². The minimum Gasteiger partial charge on any atom is -0.512 e. The Bertz CT molecular complexity index is 474. The Hall–Kier alpha value is -1.77. The maximum atomic E-state index is 11.6. The normalized spacial score (nSPS) is 16.1. The third kappa shape index (κ3) is 3.13. The molecule has 1 aromatic rings. The Morgan fingerprint density at radius 2 is 1.94 bits per heavy atom. The summed E-state index contributed by atoms with van der Waals surface area (Å²) < 4.78 is 0. The van der Waals surface area contributed by atoms with Crippen molar-refractivity contribution < 1.29 is 15.0 Å². The Balaban J connectivity index is 1.90. The molecular weight excluding hydrogens is 228 g/mol. The standard InChI is InChI=1S/C15H18O3/c16-12-6-1-4-11(10-12)5-2-7-13-14(17)8-3-9-15(13)18/h1,4,6,10,16-17H,2-3,5,7-9H2. The number of aliphatic hydroxyl groups is 1. The summed E-state index contributed by atoms with van der Waals surface area (Å²) in [6.45, 7) is 0. The molecule has 2 N–H and O–H groups in total. The predicted octanol–water partition coefficient (Wildman–Crippen LogP) is 3.28. The maximum Gasteiger partial charge on any atom is 0.162 e. The highest BCUT2D eigenvalue weighted by Crippen LogP contribution is 2.24. The number of benzene rings is 1. The van der Waals surface area contributed by atoms with E-state index >= 15 is 0 Å². The molecule has 18 heavy (non-hydrogen) atoms. The van der Waals surface area contributed by atoms with Crippen LogP contribution < -0.4 is 0 Å². The molecule has 1 aliphatic carbocycles. The summed E-state index contributed by atoms with van der Waals surface area (Å²) >= 11 is 0. The van der Waals surface area contributed by atoms with Gasteiger partial charge >= 0.3 is 0 Å². The van der Waals surface area contributed by atoms with E-state index in [2.05, 4.69) is 0 Å². The first kappa shape index (κ1) is 12.7. The maximum absolute atomic E-state index is 11.6. The second-order valence-electron chi connectivity index (χ2n) is 4.73. The fourth-order valence-corrected chi connectivity index (χ4v) is 2.34. The van der Waals surface area contributed by atoms with Gasteiger partial charge in [-0.05, 0) is 43.4 Å². The quantitative estimate of drug-likeness (QED) is 0.857. The molecule has 0 radical (unpaired) electrons. The number of phenolic OH excluding ortho intramolecular Hbond substituents is 1. The highest BCUT2D eigenvalue weighted by molar-refractivity contribution is 5.96. The molecule has 3 heteroatoms. The van der Waals surface area contributed by atoms with E-state index in [1.165, 1.54) is 0 Å². The van der Waals surface area contributed by atoms with Crippen molar-refractivity contribution in [2.75, 3.05) is 0 Å². The smallest absolute Gasteiger partial charge is 0.162 e. The molecule has 1 aromatic carbocycles. The van der Waals surface area contributed by atoms with E-state index in [1.54, 1.807) is 12.1 Å². The number of carbonyl (C=O) groups excluding carboxylic acids is 1. The summed E-state index contributed by atoms with van der Waals surface area (Å²) in [4.78, 5) is 11.6. The zero-order valence-electron chi connectivity index (χ0n) is 10.4. The van der Waals surface area contributed by atoms with Crippen LogP contribution in [0.2, 0.25) is 0 Å². The van der Waals surface area contributed by atoms with Crippen LogP contribution in [0.15, 0.2) is 35.6 Å². The van der Waals surface area contributed by atoms with Gasteiger partial charge in [-0.15, -0.1) is 0 Å². The van der Waals surface area contributed by atoms with Gasteiger partial charge in [0.2, 0.25) is 0 Å². The van der Waals surface area contributed by atoms with Crippen LogP contribution in [0.5, 0.6) is 5.75 Å². The van der Waals surface area contributed by atoms with Crippen molar-refractivity contribution in [2.24, 2.45) is 0 Å². The monoisotopic (exact) mass is 246 g/mol. The van der Waals surface area contributed by atoms with Crippen LogP contribution in [-0.2, 0) is 11.2 Å². The summed E-state index contributed by atoms with van der Waals surface area (Å²) in [5.74, 6) is 0.639. The van der Waals surface area contributed by atoms with Gasteiger partial charge in [-0.3, -0.25) is 4.79 Å². The van der Waals surface area contributed by atoms with Gasteiger partial charge in [-0.25, -0.2) is 0 Å². The van der Waals surface area contributed by atoms with Gasteiger partial charge in [0.15, 0.2) is 5.78 Å². The second-order valence-corrected chi connectivity index (χ2v) is 4.73. The Morgan fingerprint density at radius 3 is 2.67 bits per heavy atom. The molecular formula is C15H18O3. The molecule has 0 unspecified atom stereocenters. The molecule has 0 bridgehead atoms. The molecule has 0 spiro atoms. The van der Waals surface area contributed by atoms with Crippen LogP contribution in [-0.4, -0.2) is 16.0 Å². The van der Waals surface area contributed by atoms with Crippen molar-refractivity contribution >= 4 is 5.78 Å². The van der Waals surface area contributed by atoms with Gasteiger partial charge in [-0.2, -0.15) is 0 Å². The van der Waals surface area contributed by atoms with E-state index in [0.717, 1.165) is 24.8 Å². The van der Waals surface area contributed by atoms with Gasteiger partial charge in [0.1, 0.15) is 5.75 Å². The number of phenols is 1. The van der Waals surface area contributed by atoms with E-state index in [1.807, 2.05) is 12.1 Å². The molecule has 0 saturated carbocycles. The summed E-state index contributed by atoms with van der Waals surface area (Å²) in [6, 6.07) is 7.14. The van der Waals surface area contributed by atoms with Crippen molar-refractivity contribution in [2.45, 2.75) is 38.5 Å². The lowest BCUT2D eigenvalue weighted by Gasteiger charge is -2.14. The number of allylic oxidation sites excluding steroid dienone is 2. The second kappa shape index (κ2) is 5.71. The average molecular weight is 246 g/mol. The predicted molar refractivity (Wildman–Crippen MR) is 69.6 cm³/mol. The van der Waals surface area contributed by atoms with E-state index in [9.17, 15) is 15.0 Å².